The van der Waals surface area contributed by atoms with E-state index in [1.165, 1.54) is 0 Å². The molecule has 6 heteroatoms. The van der Waals surface area contributed by atoms with Crippen molar-refractivity contribution >= 4 is 11.7 Å². The summed E-state index contributed by atoms with van der Waals surface area (Å²) in [5.74, 6) is 0.422. The van der Waals surface area contributed by atoms with Gasteiger partial charge in [0.25, 0.3) is 5.56 Å². The Hall–Kier alpha value is -1.85. The first-order chi connectivity index (χ1) is 8.20. The minimum Gasteiger partial charge on any atom is -0.361 e. The molecule has 1 aliphatic rings. The van der Waals surface area contributed by atoms with Crippen LogP contribution >= 0.6 is 0 Å². The van der Waals surface area contributed by atoms with Crippen molar-refractivity contribution in [3.05, 3.63) is 22.7 Å². The van der Waals surface area contributed by atoms with Gasteiger partial charge in [0.05, 0.1) is 0 Å². The summed E-state index contributed by atoms with van der Waals surface area (Å²) in [6.07, 6.45) is 4.49. The molecule has 6 nitrogen and oxygen atoms in total. The van der Waals surface area contributed by atoms with Gasteiger partial charge in [0.1, 0.15) is 0 Å². The first-order valence-corrected chi connectivity index (χ1v) is 5.79. The van der Waals surface area contributed by atoms with Crippen LogP contribution < -0.4 is 16.2 Å². The second-order valence-corrected chi connectivity index (χ2v) is 4.05. The topological polar surface area (TPSA) is 76.0 Å². The van der Waals surface area contributed by atoms with E-state index in [1.807, 2.05) is 6.92 Å². The van der Waals surface area contributed by atoms with Crippen molar-refractivity contribution in [2.75, 3.05) is 11.9 Å². The Labute approximate surface area is 99.1 Å². The van der Waals surface area contributed by atoms with Gasteiger partial charge in [0.2, 0.25) is 5.91 Å². The molecule has 0 aromatic carbocycles. The molecule has 0 bridgehead atoms. The number of aryl methyl sites for hydroxylation is 1. The van der Waals surface area contributed by atoms with Crippen LogP contribution in [0.1, 0.15) is 19.8 Å². The van der Waals surface area contributed by atoms with Gasteiger partial charge in [-0.05, 0) is 13.3 Å². The zero-order valence-electron chi connectivity index (χ0n) is 9.77. The second-order valence-electron chi connectivity index (χ2n) is 4.05. The van der Waals surface area contributed by atoms with Crippen LogP contribution in [0, 0.1) is 0 Å². The first-order valence-electron chi connectivity index (χ1n) is 5.79. The number of piperidine rings is 1. The molecule has 1 saturated heterocycles. The van der Waals surface area contributed by atoms with Crippen LogP contribution in [0.5, 0.6) is 0 Å². The Bertz CT molecular complexity index is 459. The van der Waals surface area contributed by atoms with Gasteiger partial charge in [-0.2, -0.15) is 0 Å². The number of nitrogens with zero attached hydrogens (tertiary/aromatic N) is 2. The van der Waals surface area contributed by atoms with Gasteiger partial charge in [-0.1, -0.05) is 0 Å². The maximum absolute atomic E-state index is 11.9. The highest BCUT2D eigenvalue weighted by molar-refractivity contribution is 5.76. The Morgan fingerprint density at radius 3 is 3.06 bits per heavy atom. The molecule has 2 heterocycles. The van der Waals surface area contributed by atoms with Crippen molar-refractivity contribution in [2.45, 2.75) is 32.4 Å². The van der Waals surface area contributed by atoms with E-state index in [-0.39, 0.29) is 17.5 Å². The lowest BCUT2D eigenvalue weighted by atomic mass is 10.1. The molecule has 17 heavy (non-hydrogen) atoms. The van der Waals surface area contributed by atoms with E-state index < -0.39 is 0 Å². The van der Waals surface area contributed by atoms with E-state index in [0.29, 0.717) is 25.3 Å². The predicted molar refractivity (Wildman–Crippen MR) is 63.8 cm³/mol. The van der Waals surface area contributed by atoms with Gasteiger partial charge in [-0.15, -0.1) is 0 Å². The van der Waals surface area contributed by atoms with Crippen LogP contribution in [-0.2, 0) is 11.3 Å². The summed E-state index contributed by atoms with van der Waals surface area (Å²) in [5, 5.41) is 5.85. The Balaban J connectivity index is 2.08. The molecule has 92 valence electrons. The number of anilines is 1. The SMILES string of the molecule is CCn1ccnc(NC2CCC(=O)NC2)c1=O. The molecule has 1 fully saturated rings. The van der Waals surface area contributed by atoms with Crippen molar-refractivity contribution in [3.63, 3.8) is 0 Å². The largest absolute Gasteiger partial charge is 0.361 e. The first kappa shape index (κ1) is 11.6. The minimum atomic E-state index is -0.119. The van der Waals surface area contributed by atoms with Crippen molar-refractivity contribution in [3.8, 4) is 0 Å². The molecule has 0 aliphatic carbocycles. The third-order valence-electron chi connectivity index (χ3n) is 2.86. The van der Waals surface area contributed by atoms with Gasteiger partial charge >= 0.3 is 0 Å². The lowest BCUT2D eigenvalue weighted by Gasteiger charge is -2.23. The highest BCUT2D eigenvalue weighted by Gasteiger charge is 2.19. The van der Waals surface area contributed by atoms with Gasteiger partial charge in [0, 0.05) is 37.9 Å². The number of amides is 1. The Kier molecular flexibility index (Phi) is 3.41. The van der Waals surface area contributed by atoms with E-state index in [1.54, 1.807) is 17.0 Å². The highest BCUT2D eigenvalue weighted by atomic mass is 16.1. The summed E-state index contributed by atoms with van der Waals surface area (Å²) >= 11 is 0. The number of carbonyl (C=O) groups is 1. The summed E-state index contributed by atoms with van der Waals surface area (Å²) in [6.45, 7) is 3.07. The normalized spacial score (nSPS) is 19.8. The standard InChI is InChI=1S/C11H16N4O2/c1-2-15-6-5-12-10(11(15)17)14-8-3-4-9(16)13-7-8/h5-6,8H,2-4,7H2,1H3,(H,12,14)(H,13,16). The fraction of sp³-hybridized carbons (Fsp3) is 0.545. The zero-order valence-corrected chi connectivity index (χ0v) is 9.77. The molecular formula is C11H16N4O2. The van der Waals surface area contributed by atoms with Crippen molar-refractivity contribution < 1.29 is 4.79 Å². The summed E-state index contributed by atoms with van der Waals surface area (Å²) in [7, 11) is 0. The average molecular weight is 236 g/mol. The molecular weight excluding hydrogens is 220 g/mol. The fourth-order valence-corrected chi connectivity index (χ4v) is 1.84. The van der Waals surface area contributed by atoms with Crippen LogP contribution in [-0.4, -0.2) is 28.0 Å². The van der Waals surface area contributed by atoms with Gasteiger partial charge in [-0.3, -0.25) is 9.59 Å². The molecule has 0 radical (unpaired) electrons. The van der Waals surface area contributed by atoms with E-state index in [4.69, 9.17) is 0 Å². The molecule has 0 spiro atoms. The van der Waals surface area contributed by atoms with Gasteiger partial charge in [0.15, 0.2) is 5.82 Å². The van der Waals surface area contributed by atoms with E-state index in [9.17, 15) is 9.59 Å². The predicted octanol–water partition coefficient (Wildman–Crippen LogP) is -0.0463. The molecule has 2 rings (SSSR count). The number of nitrogens with one attached hydrogen (secondary N) is 2. The molecule has 2 N–H and O–H groups in total. The lowest BCUT2D eigenvalue weighted by molar-refractivity contribution is -0.122. The number of rotatable bonds is 3. The van der Waals surface area contributed by atoms with Crippen LogP contribution in [0.15, 0.2) is 17.2 Å². The summed E-state index contributed by atoms with van der Waals surface area (Å²) in [4.78, 5) is 26.9. The third-order valence-corrected chi connectivity index (χ3v) is 2.86. The lowest BCUT2D eigenvalue weighted by Crippen LogP contribution is -2.43. The van der Waals surface area contributed by atoms with Crippen molar-refractivity contribution in [2.24, 2.45) is 0 Å². The number of hydrogen-bond donors (Lipinski definition) is 2. The number of hydrogen-bond acceptors (Lipinski definition) is 4. The second kappa shape index (κ2) is 4.99. The Morgan fingerprint density at radius 2 is 2.41 bits per heavy atom. The Morgan fingerprint density at radius 1 is 1.59 bits per heavy atom. The summed E-state index contributed by atoms with van der Waals surface area (Å²) in [5.41, 5.74) is -0.119. The van der Waals surface area contributed by atoms with Crippen molar-refractivity contribution in [1.82, 2.24) is 14.9 Å². The molecule has 1 amide bonds. The molecule has 1 aromatic heterocycles. The molecule has 1 aliphatic heterocycles. The molecule has 0 saturated carbocycles. The monoisotopic (exact) mass is 236 g/mol. The van der Waals surface area contributed by atoms with Crippen molar-refractivity contribution in [1.29, 1.82) is 0 Å². The number of aromatic nitrogens is 2. The maximum atomic E-state index is 11.9. The van der Waals surface area contributed by atoms with Crippen LogP contribution in [0.25, 0.3) is 0 Å². The maximum Gasteiger partial charge on any atom is 0.293 e. The average Bonchev–Trinajstić information content (AvgIpc) is 2.35. The van der Waals surface area contributed by atoms with Gasteiger partial charge < -0.3 is 15.2 Å². The summed E-state index contributed by atoms with van der Waals surface area (Å²) in [6, 6.07) is 0.0839. The van der Waals surface area contributed by atoms with E-state index >= 15 is 0 Å². The van der Waals surface area contributed by atoms with Crippen LogP contribution in [0.2, 0.25) is 0 Å². The fourth-order valence-electron chi connectivity index (χ4n) is 1.84. The van der Waals surface area contributed by atoms with E-state index in [2.05, 4.69) is 15.6 Å². The molecule has 1 atom stereocenters. The summed E-state index contributed by atoms with van der Waals surface area (Å²) < 4.78 is 1.59. The number of carbonyl (C=O) groups excluding carboxylic acids is 1. The molecule has 1 aromatic rings. The quantitative estimate of drug-likeness (QED) is 0.771. The minimum absolute atomic E-state index is 0.0649. The van der Waals surface area contributed by atoms with E-state index in [0.717, 1.165) is 6.42 Å². The van der Waals surface area contributed by atoms with Gasteiger partial charge in [-0.25, -0.2) is 4.98 Å². The zero-order chi connectivity index (χ0) is 12.3. The van der Waals surface area contributed by atoms with Crippen LogP contribution in [0.3, 0.4) is 0 Å². The smallest absolute Gasteiger partial charge is 0.293 e. The third kappa shape index (κ3) is 2.64. The van der Waals surface area contributed by atoms with Crippen LogP contribution in [0.4, 0.5) is 5.82 Å². The highest BCUT2D eigenvalue weighted by Crippen LogP contribution is 2.07. The molecule has 1 unspecified atom stereocenters.